The van der Waals surface area contributed by atoms with Gasteiger partial charge in [0.2, 0.25) is 0 Å². The summed E-state index contributed by atoms with van der Waals surface area (Å²) in [5.41, 5.74) is 5.49. The number of esters is 1. The van der Waals surface area contributed by atoms with E-state index in [0.717, 1.165) is 0 Å². The fourth-order valence-corrected chi connectivity index (χ4v) is 0.932. The lowest BCUT2D eigenvalue weighted by atomic mass is 10.1. The Morgan fingerprint density at radius 3 is 2.62 bits per heavy atom. The SMILES string of the molecule is NCOC(=O)C(O)c1ccccc1. The Hall–Kier alpha value is -1.39. The number of nitrogens with two attached hydrogens (primary N) is 1. The van der Waals surface area contributed by atoms with E-state index in [2.05, 4.69) is 4.74 Å². The molecule has 4 heteroatoms. The molecule has 0 amide bonds. The molecule has 1 rings (SSSR count). The Bertz CT molecular complexity index is 273. The topological polar surface area (TPSA) is 72.5 Å². The number of aliphatic hydroxyl groups excluding tert-OH is 1. The van der Waals surface area contributed by atoms with E-state index in [1.165, 1.54) is 0 Å². The zero-order valence-corrected chi connectivity index (χ0v) is 7.01. The second-order valence-electron chi connectivity index (χ2n) is 2.44. The van der Waals surface area contributed by atoms with Crippen LogP contribution in [0.1, 0.15) is 11.7 Å². The van der Waals surface area contributed by atoms with Gasteiger partial charge in [0.05, 0.1) is 0 Å². The molecule has 1 aromatic carbocycles. The molecular weight excluding hydrogens is 170 g/mol. The molecule has 70 valence electrons. The Kier molecular flexibility index (Phi) is 3.42. The van der Waals surface area contributed by atoms with Gasteiger partial charge < -0.3 is 9.84 Å². The molecule has 0 bridgehead atoms. The van der Waals surface area contributed by atoms with Gasteiger partial charge in [-0.3, -0.25) is 5.73 Å². The number of aliphatic hydroxyl groups is 1. The molecule has 0 saturated carbocycles. The second kappa shape index (κ2) is 4.59. The summed E-state index contributed by atoms with van der Waals surface area (Å²) in [5, 5.41) is 9.39. The molecule has 1 aromatic rings. The van der Waals surface area contributed by atoms with Crippen molar-refractivity contribution in [2.45, 2.75) is 6.10 Å². The second-order valence-corrected chi connectivity index (χ2v) is 2.44. The van der Waals surface area contributed by atoms with Crippen LogP contribution in [0.3, 0.4) is 0 Å². The summed E-state index contributed by atoms with van der Waals surface area (Å²) in [6.45, 7) is -0.220. The van der Waals surface area contributed by atoms with Gasteiger partial charge in [0, 0.05) is 0 Å². The quantitative estimate of drug-likeness (QED) is 0.515. The maximum atomic E-state index is 11.0. The van der Waals surface area contributed by atoms with E-state index in [4.69, 9.17) is 5.73 Å². The minimum absolute atomic E-state index is 0.220. The van der Waals surface area contributed by atoms with Crippen LogP contribution < -0.4 is 5.73 Å². The Morgan fingerprint density at radius 1 is 1.46 bits per heavy atom. The lowest BCUT2D eigenvalue weighted by Gasteiger charge is -2.08. The van der Waals surface area contributed by atoms with E-state index in [0.29, 0.717) is 5.56 Å². The Morgan fingerprint density at radius 2 is 2.08 bits per heavy atom. The third kappa shape index (κ3) is 2.54. The number of hydrogen-bond donors (Lipinski definition) is 2. The Labute approximate surface area is 75.9 Å². The highest BCUT2D eigenvalue weighted by atomic mass is 16.6. The van der Waals surface area contributed by atoms with E-state index in [1.54, 1.807) is 30.3 Å². The van der Waals surface area contributed by atoms with Crippen LogP contribution in [-0.4, -0.2) is 17.8 Å². The minimum Gasteiger partial charge on any atom is -0.448 e. The van der Waals surface area contributed by atoms with Crippen LogP contribution in [0.5, 0.6) is 0 Å². The van der Waals surface area contributed by atoms with Gasteiger partial charge in [0.15, 0.2) is 6.10 Å². The molecule has 0 aliphatic rings. The van der Waals surface area contributed by atoms with Crippen LogP contribution in [0, 0.1) is 0 Å². The first kappa shape index (κ1) is 9.70. The average molecular weight is 181 g/mol. The largest absolute Gasteiger partial charge is 0.448 e. The van der Waals surface area contributed by atoms with Gasteiger partial charge in [-0.15, -0.1) is 0 Å². The molecule has 0 spiro atoms. The van der Waals surface area contributed by atoms with Crippen LogP contribution in [0.25, 0.3) is 0 Å². The molecule has 0 aliphatic carbocycles. The number of ether oxygens (including phenoxy) is 1. The third-order valence-corrected chi connectivity index (χ3v) is 1.56. The molecule has 1 unspecified atom stereocenters. The van der Waals surface area contributed by atoms with Crippen LogP contribution in [0.15, 0.2) is 30.3 Å². The van der Waals surface area contributed by atoms with Crippen molar-refractivity contribution in [3.63, 3.8) is 0 Å². The van der Waals surface area contributed by atoms with Crippen molar-refractivity contribution >= 4 is 5.97 Å². The van der Waals surface area contributed by atoms with Crippen molar-refractivity contribution in [3.8, 4) is 0 Å². The maximum Gasteiger partial charge on any atom is 0.340 e. The first-order chi connectivity index (χ1) is 6.25. The number of carbonyl (C=O) groups is 1. The lowest BCUT2D eigenvalue weighted by Crippen LogP contribution is -2.19. The highest BCUT2D eigenvalue weighted by molar-refractivity contribution is 5.76. The van der Waals surface area contributed by atoms with Crippen LogP contribution in [0.2, 0.25) is 0 Å². The molecule has 0 aliphatic heterocycles. The van der Waals surface area contributed by atoms with Gasteiger partial charge in [-0.2, -0.15) is 0 Å². The van der Waals surface area contributed by atoms with Gasteiger partial charge in [-0.1, -0.05) is 30.3 Å². The summed E-state index contributed by atoms with van der Waals surface area (Å²) < 4.78 is 4.45. The highest BCUT2D eigenvalue weighted by Crippen LogP contribution is 2.12. The highest BCUT2D eigenvalue weighted by Gasteiger charge is 2.17. The first-order valence-corrected chi connectivity index (χ1v) is 3.85. The number of rotatable bonds is 3. The van der Waals surface area contributed by atoms with Gasteiger partial charge in [-0.05, 0) is 5.56 Å². The molecule has 0 fully saturated rings. The summed E-state index contributed by atoms with van der Waals surface area (Å²) in [4.78, 5) is 11.0. The smallest absolute Gasteiger partial charge is 0.340 e. The van der Waals surface area contributed by atoms with Crippen molar-refractivity contribution in [2.75, 3.05) is 6.73 Å². The summed E-state index contributed by atoms with van der Waals surface area (Å²) >= 11 is 0. The van der Waals surface area contributed by atoms with Gasteiger partial charge >= 0.3 is 5.97 Å². The standard InChI is InChI=1S/C9H11NO3/c10-6-13-9(12)8(11)7-4-2-1-3-5-7/h1-5,8,11H,6,10H2. The molecule has 1 atom stereocenters. The van der Waals surface area contributed by atoms with E-state index < -0.39 is 12.1 Å². The van der Waals surface area contributed by atoms with E-state index >= 15 is 0 Å². The fraction of sp³-hybridized carbons (Fsp3) is 0.222. The number of hydrogen-bond acceptors (Lipinski definition) is 4. The Balaban J connectivity index is 2.68. The van der Waals surface area contributed by atoms with Crippen molar-refractivity contribution in [3.05, 3.63) is 35.9 Å². The summed E-state index contributed by atoms with van der Waals surface area (Å²) in [7, 11) is 0. The fourth-order valence-electron chi connectivity index (χ4n) is 0.932. The van der Waals surface area contributed by atoms with E-state index in [-0.39, 0.29) is 6.73 Å². The summed E-state index contributed by atoms with van der Waals surface area (Å²) in [6.07, 6.45) is -1.25. The number of benzene rings is 1. The molecule has 13 heavy (non-hydrogen) atoms. The number of carbonyl (C=O) groups excluding carboxylic acids is 1. The zero-order valence-electron chi connectivity index (χ0n) is 7.01. The first-order valence-electron chi connectivity index (χ1n) is 3.85. The van der Waals surface area contributed by atoms with Crippen molar-refractivity contribution in [1.29, 1.82) is 0 Å². The van der Waals surface area contributed by atoms with Gasteiger partial charge in [0.1, 0.15) is 6.73 Å². The molecule has 0 radical (unpaired) electrons. The molecule has 3 N–H and O–H groups in total. The zero-order chi connectivity index (χ0) is 9.68. The van der Waals surface area contributed by atoms with E-state index in [1.807, 2.05) is 0 Å². The third-order valence-electron chi connectivity index (χ3n) is 1.56. The van der Waals surface area contributed by atoms with Crippen molar-refractivity contribution in [2.24, 2.45) is 5.73 Å². The van der Waals surface area contributed by atoms with Crippen LogP contribution >= 0.6 is 0 Å². The predicted molar refractivity (Wildman–Crippen MR) is 46.5 cm³/mol. The van der Waals surface area contributed by atoms with E-state index in [9.17, 15) is 9.90 Å². The molecule has 0 heterocycles. The monoisotopic (exact) mass is 181 g/mol. The summed E-state index contributed by atoms with van der Waals surface area (Å²) in [5.74, 6) is -0.728. The summed E-state index contributed by atoms with van der Waals surface area (Å²) in [6, 6.07) is 8.54. The molecule has 0 aromatic heterocycles. The molecule has 0 saturated heterocycles. The van der Waals surface area contributed by atoms with Crippen LogP contribution in [-0.2, 0) is 9.53 Å². The van der Waals surface area contributed by atoms with Gasteiger partial charge in [0.25, 0.3) is 0 Å². The van der Waals surface area contributed by atoms with Gasteiger partial charge in [-0.25, -0.2) is 4.79 Å². The predicted octanol–water partition coefficient (Wildman–Crippen LogP) is 0.179. The lowest BCUT2D eigenvalue weighted by molar-refractivity contribution is -0.153. The van der Waals surface area contributed by atoms with Crippen LogP contribution in [0.4, 0.5) is 0 Å². The average Bonchev–Trinajstić information content (AvgIpc) is 2.18. The van der Waals surface area contributed by atoms with Crippen molar-refractivity contribution in [1.82, 2.24) is 0 Å². The minimum atomic E-state index is -1.25. The maximum absolute atomic E-state index is 11.0. The molecule has 4 nitrogen and oxygen atoms in total. The normalized spacial score (nSPS) is 12.2. The molecular formula is C9H11NO3. The van der Waals surface area contributed by atoms with Crippen molar-refractivity contribution < 1.29 is 14.6 Å².